The van der Waals surface area contributed by atoms with Crippen molar-refractivity contribution in [3.8, 4) is 0 Å². The minimum Gasteiger partial charge on any atom is -0.294 e. The first-order valence-electron chi connectivity index (χ1n) is 7.56. The maximum absolute atomic E-state index is 12.6. The van der Waals surface area contributed by atoms with Crippen molar-refractivity contribution < 1.29 is 9.59 Å². The standard InChI is InChI=1S/C18H20O2/c1-12-5-4-8-16(19)17(12)18(20)15-10-9-13-6-2-3-7-14(13)11-15/h9-11H,2-8H2,1H3. The van der Waals surface area contributed by atoms with Gasteiger partial charge in [-0.25, -0.2) is 0 Å². The van der Waals surface area contributed by atoms with Gasteiger partial charge >= 0.3 is 0 Å². The van der Waals surface area contributed by atoms with E-state index in [9.17, 15) is 9.59 Å². The highest BCUT2D eigenvalue weighted by Crippen LogP contribution is 2.27. The first kappa shape index (κ1) is 13.3. The maximum atomic E-state index is 12.6. The summed E-state index contributed by atoms with van der Waals surface area (Å²) in [7, 11) is 0. The van der Waals surface area contributed by atoms with E-state index < -0.39 is 0 Å². The smallest absolute Gasteiger partial charge is 0.196 e. The summed E-state index contributed by atoms with van der Waals surface area (Å²) in [6, 6.07) is 5.98. The molecule has 104 valence electrons. The summed E-state index contributed by atoms with van der Waals surface area (Å²) in [5, 5.41) is 0. The van der Waals surface area contributed by atoms with Crippen LogP contribution in [-0.2, 0) is 17.6 Å². The van der Waals surface area contributed by atoms with Crippen LogP contribution in [0.4, 0.5) is 0 Å². The van der Waals surface area contributed by atoms with Gasteiger partial charge in [-0.3, -0.25) is 9.59 Å². The molecule has 3 rings (SSSR count). The lowest BCUT2D eigenvalue weighted by Crippen LogP contribution is -2.19. The van der Waals surface area contributed by atoms with Crippen LogP contribution in [-0.4, -0.2) is 11.6 Å². The van der Waals surface area contributed by atoms with Crippen LogP contribution in [0.3, 0.4) is 0 Å². The zero-order chi connectivity index (χ0) is 14.1. The molecule has 0 atom stereocenters. The third kappa shape index (κ3) is 2.35. The first-order chi connectivity index (χ1) is 9.66. The second-order valence-electron chi connectivity index (χ2n) is 5.95. The molecule has 0 saturated heterocycles. The van der Waals surface area contributed by atoms with Crippen LogP contribution in [0, 0.1) is 0 Å². The van der Waals surface area contributed by atoms with E-state index in [4.69, 9.17) is 0 Å². The van der Waals surface area contributed by atoms with Crippen LogP contribution in [0.5, 0.6) is 0 Å². The Labute approximate surface area is 119 Å². The lowest BCUT2D eigenvalue weighted by molar-refractivity contribution is -0.115. The number of carbonyl (C=O) groups is 2. The van der Waals surface area contributed by atoms with Crippen molar-refractivity contribution in [1.82, 2.24) is 0 Å². The number of carbonyl (C=O) groups excluding carboxylic acids is 2. The highest BCUT2D eigenvalue weighted by atomic mass is 16.1. The van der Waals surface area contributed by atoms with Gasteiger partial charge in [0, 0.05) is 12.0 Å². The molecule has 20 heavy (non-hydrogen) atoms. The fourth-order valence-electron chi connectivity index (χ4n) is 3.34. The summed E-state index contributed by atoms with van der Waals surface area (Å²) in [6.07, 6.45) is 6.88. The van der Waals surface area contributed by atoms with Gasteiger partial charge in [-0.1, -0.05) is 17.7 Å². The van der Waals surface area contributed by atoms with Crippen molar-refractivity contribution in [2.75, 3.05) is 0 Å². The lowest BCUT2D eigenvalue weighted by atomic mass is 9.84. The molecule has 1 aromatic rings. The van der Waals surface area contributed by atoms with Crippen molar-refractivity contribution in [1.29, 1.82) is 0 Å². The molecule has 0 spiro atoms. The van der Waals surface area contributed by atoms with Gasteiger partial charge < -0.3 is 0 Å². The number of aryl methyl sites for hydroxylation is 2. The molecule has 0 amide bonds. The predicted octanol–water partition coefficient (Wildman–Crippen LogP) is 3.82. The Kier molecular flexibility index (Phi) is 3.56. The Morgan fingerprint density at radius 2 is 1.70 bits per heavy atom. The number of fused-ring (bicyclic) bond motifs is 1. The van der Waals surface area contributed by atoms with E-state index >= 15 is 0 Å². The highest BCUT2D eigenvalue weighted by molar-refractivity contribution is 6.27. The van der Waals surface area contributed by atoms with Crippen LogP contribution in [0.25, 0.3) is 0 Å². The zero-order valence-electron chi connectivity index (χ0n) is 12.0. The fourth-order valence-corrected chi connectivity index (χ4v) is 3.34. The monoisotopic (exact) mass is 268 g/mol. The number of allylic oxidation sites excluding steroid dienone is 2. The largest absolute Gasteiger partial charge is 0.294 e. The Bertz CT molecular complexity index is 608. The van der Waals surface area contributed by atoms with Crippen molar-refractivity contribution in [3.05, 3.63) is 46.0 Å². The Morgan fingerprint density at radius 1 is 0.950 bits per heavy atom. The molecule has 2 aliphatic carbocycles. The second-order valence-corrected chi connectivity index (χ2v) is 5.95. The molecule has 0 heterocycles. The summed E-state index contributed by atoms with van der Waals surface area (Å²) in [6.45, 7) is 1.92. The number of hydrogen-bond donors (Lipinski definition) is 0. The Morgan fingerprint density at radius 3 is 2.45 bits per heavy atom. The Balaban J connectivity index is 1.96. The fraction of sp³-hybridized carbons (Fsp3) is 0.444. The van der Waals surface area contributed by atoms with E-state index in [0.29, 0.717) is 17.6 Å². The normalized spacial score (nSPS) is 18.9. The first-order valence-corrected chi connectivity index (χ1v) is 7.56. The molecule has 0 aromatic heterocycles. The molecule has 0 aliphatic heterocycles. The summed E-state index contributed by atoms with van der Waals surface area (Å²) in [5.41, 5.74) is 4.77. The number of rotatable bonds is 2. The van der Waals surface area contributed by atoms with E-state index in [1.165, 1.54) is 24.0 Å². The number of ketones is 2. The lowest BCUT2D eigenvalue weighted by Gasteiger charge is -2.18. The third-order valence-electron chi connectivity index (χ3n) is 4.50. The van der Waals surface area contributed by atoms with Crippen LogP contribution in [0.15, 0.2) is 29.3 Å². The average Bonchev–Trinajstić information content (AvgIpc) is 2.46. The molecule has 0 unspecified atom stereocenters. The van der Waals surface area contributed by atoms with Crippen LogP contribution >= 0.6 is 0 Å². The van der Waals surface area contributed by atoms with Crippen LogP contribution in [0.2, 0.25) is 0 Å². The van der Waals surface area contributed by atoms with E-state index in [1.807, 2.05) is 19.1 Å². The van der Waals surface area contributed by atoms with Gasteiger partial charge in [0.15, 0.2) is 11.6 Å². The van der Waals surface area contributed by atoms with E-state index in [-0.39, 0.29) is 11.6 Å². The minimum atomic E-state index is -0.0689. The molecule has 0 bridgehead atoms. The molecule has 2 nitrogen and oxygen atoms in total. The molecule has 0 N–H and O–H groups in total. The zero-order valence-corrected chi connectivity index (χ0v) is 12.0. The van der Waals surface area contributed by atoms with Gasteiger partial charge in [-0.05, 0) is 62.6 Å². The molecule has 0 fully saturated rings. The summed E-state index contributed by atoms with van der Waals surface area (Å²) in [5.74, 6) is -0.0444. The van der Waals surface area contributed by atoms with Gasteiger partial charge in [-0.15, -0.1) is 0 Å². The van der Waals surface area contributed by atoms with Gasteiger partial charge in [0.1, 0.15) is 0 Å². The highest BCUT2D eigenvalue weighted by Gasteiger charge is 2.25. The van der Waals surface area contributed by atoms with Crippen molar-refractivity contribution in [2.24, 2.45) is 0 Å². The topological polar surface area (TPSA) is 34.1 Å². The van der Waals surface area contributed by atoms with E-state index in [0.717, 1.165) is 31.3 Å². The van der Waals surface area contributed by atoms with Gasteiger partial charge in [0.25, 0.3) is 0 Å². The third-order valence-corrected chi connectivity index (χ3v) is 4.50. The van der Waals surface area contributed by atoms with Gasteiger partial charge in [0.2, 0.25) is 0 Å². The molecule has 1 aromatic carbocycles. The van der Waals surface area contributed by atoms with Crippen molar-refractivity contribution in [2.45, 2.75) is 51.9 Å². The Hall–Kier alpha value is -1.70. The summed E-state index contributed by atoms with van der Waals surface area (Å²) in [4.78, 5) is 24.7. The van der Waals surface area contributed by atoms with E-state index in [1.54, 1.807) is 0 Å². The second kappa shape index (κ2) is 5.35. The van der Waals surface area contributed by atoms with Crippen molar-refractivity contribution in [3.63, 3.8) is 0 Å². The van der Waals surface area contributed by atoms with Crippen LogP contribution < -0.4 is 0 Å². The number of benzene rings is 1. The molecule has 2 aliphatic rings. The molecular weight excluding hydrogens is 248 g/mol. The number of hydrogen-bond acceptors (Lipinski definition) is 2. The van der Waals surface area contributed by atoms with E-state index in [2.05, 4.69) is 6.07 Å². The molecular formula is C18H20O2. The predicted molar refractivity (Wildman–Crippen MR) is 79.0 cm³/mol. The molecule has 0 radical (unpaired) electrons. The molecule has 0 saturated carbocycles. The molecule has 2 heteroatoms. The SMILES string of the molecule is CC1=C(C(=O)c2ccc3c(c2)CCCC3)C(=O)CCC1. The summed E-state index contributed by atoms with van der Waals surface area (Å²) < 4.78 is 0. The van der Waals surface area contributed by atoms with Gasteiger partial charge in [0.05, 0.1) is 5.57 Å². The average molecular weight is 268 g/mol. The minimum absolute atomic E-state index is 0.0245. The number of Topliss-reactive ketones (excluding diaryl/α,β-unsaturated/α-hetero) is 2. The van der Waals surface area contributed by atoms with Gasteiger partial charge in [-0.2, -0.15) is 0 Å². The van der Waals surface area contributed by atoms with Crippen molar-refractivity contribution >= 4 is 11.6 Å². The quantitative estimate of drug-likeness (QED) is 0.603. The maximum Gasteiger partial charge on any atom is 0.196 e. The van der Waals surface area contributed by atoms with Crippen LogP contribution in [0.1, 0.15) is 60.5 Å². The summed E-state index contributed by atoms with van der Waals surface area (Å²) >= 11 is 0.